The number of hydrogen-bond acceptors (Lipinski definition) is 6. The molecule has 2 N–H and O–H groups in total. The molecule has 0 radical (unpaired) electrons. The molecule has 0 fully saturated rings. The summed E-state index contributed by atoms with van der Waals surface area (Å²) in [6.45, 7) is 0.371. The van der Waals surface area contributed by atoms with E-state index in [-0.39, 0.29) is 24.4 Å². The van der Waals surface area contributed by atoms with Crippen molar-refractivity contribution in [2.75, 3.05) is 41.4 Å². The van der Waals surface area contributed by atoms with Crippen molar-refractivity contribution >= 4 is 23.2 Å². The molecule has 1 aromatic carbocycles. The molecule has 1 heterocycles. The van der Waals surface area contributed by atoms with E-state index >= 15 is 0 Å². The zero-order valence-electron chi connectivity index (χ0n) is 15.9. The van der Waals surface area contributed by atoms with Gasteiger partial charge < -0.3 is 25.0 Å². The minimum atomic E-state index is -0.353. The quantitative estimate of drug-likeness (QED) is 0.683. The van der Waals surface area contributed by atoms with E-state index in [4.69, 9.17) is 9.47 Å². The molecule has 2 aromatic rings. The number of ether oxygens (including phenoxy) is 2. The van der Waals surface area contributed by atoms with Crippen molar-refractivity contribution in [3.05, 3.63) is 46.2 Å². The number of methoxy groups -OCH3 is 2. The van der Waals surface area contributed by atoms with Gasteiger partial charge in [0.25, 0.3) is 5.91 Å². The van der Waals surface area contributed by atoms with Crippen molar-refractivity contribution in [3.8, 4) is 11.5 Å². The largest absolute Gasteiger partial charge is 0.493 e. The first-order valence-electron chi connectivity index (χ1n) is 8.43. The summed E-state index contributed by atoms with van der Waals surface area (Å²) in [5.41, 5.74) is 0.394. The number of nitrogens with zero attached hydrogens (tertiary/aromatic N) is 1. The molecule has 0 unspecified atom stereocenters. The molecule has 2 rings (SSSR count). The van der Waals surface area contributed by atoms with E-state index < -0.39 is 0 Å². The maximum atomic E-state index is 12.3. The Morgan fingerprint density at radius 2 is 1.85 bits per heavy atom. The number of likely N-dealkylation sites (N-methyl/N-ethyl adjacent to an activating group) is 1. The number of amides is 2. The first kappa shape index (κ1) is 20.7. The molecule has 1 atom stereocenters. The SMILES string of the molecule is COc1ccc(C(=O)NCC(=O)NC[C@H](c2cccs2)N(C)C)cc1OC. The molecule has 0 aliphatic heterocycles. The van der Waals surface area contributed by atoms with Crippen molar-refractivity contribution in [3.63, 3.8) is 0 Å². The molecule has 0 bridgehead atoms. The first-order valence-corrected chi connectivity index (χ1v) is 9.31. The molecule has 2 amide bonds. The molecule has 0 aliphatic carbocycles. The van der Waals surface area contributed by atoms with E-state index in [0.717, 1.165) is 0 Å². The van der Waals surface area contributed by atoms with E-state index in [1.807, 2.05) is 36.5 Å². The van der Waals surface area contributed by atoms with Gasteiger partial charge in [0.15, 0.2) is 11.5 Å². The van der Waals surface area contributed by atoms with Crippen LogP contribution < -0.4 is 20.1 Å². The molecule has 0 spiro atoms. The summed E-state index contributed by atoms with van der Waals surface area (Å²) >= 11 is 1.65. The molecule has 0 saturated carbocycles. The van der Waals surface area contributed by atoms with Crippen LogP contribution in [0.1, 0.15) is 21.3 Å². The Hall–Kier alpha value is -2.58. The molecular weight excluding hydrogens is 366 g/mol. The van der Waals surface area contributed by atoms with Crippen molar-refractivity contribution in [1.29, 1.82) is 0 Å². The number of carbonyl (C=O) groups excluding carboxylic acids is 2. The van der Waals surface area contributed by atoms with Gasteiger partial charge in [0.2, 0.25) is 5.91 Å². The highest BCUT2D eigenvalue weighted by Gasteiger charge is 2.17. The average molecular weight is 391 g/mol. The van der Waals surface area contributed by atoms with Crippen LogP contribution in [0.15, 0.2) is 35.7 Å². The predicted molar refractivity (Wildman–Crippen MR) is 106 cm³/mol. The van der Waals surface area contributed by atoms with Crippen LogP contribution in [0.25, 0.3) is 0 Å². The Labute approximate surface area is 163 Å². The molecular formula is C19H25N3O4S. The zero-order valence-corrected chi connectivity index (χ0v) is 16.8. The highest BCUT2D eigenvalue weighted by Crippen LogP contribution is 2.27. The molecule has 1 aromatic heterocycles. The lowest BCUT2D eigenvalue weighted by Crippen LogP contribution is -2.40. The summed E-state index contributed by atoms with van der Waals surface area (Å²) < 4.78 is 10.3. The predicted octanol–water partition coefficient (Wildman–Crippen LogP) is 1.91. The van der Waals surface area contributed by atoms with Crippen LogP contribution in [0, 0.1) is 0 Å². The fourth-order valence-corrected chi connectivity index (χ4v) is 3.45. The fraction of sp³-hybridized carbons (Fsp3) is 0.368. The topological polar surface area (TPSA) is 79.9 Å². The number of nitrogens with one attached hydrogen (secondary N) is 2. The highest BCUT2D eigenvalue weighted by molar-refractivity contribution is 7.10. The van der Waals surface area contributed by atoms with Gasteiger partial charge in [-0.05, 0) is 43.7 Å². The van der Waals surface area contributed by atoms with Gasteiger partial charge in [-0.15, -0.1) is 11.3 Å². The van der Waals surface area contributed by atoms with Crippen LogP contribution in [0.3, 0.4) is 0 Å². The Kier molecular flexibility index (Phi) is 7.63. The highest BCUT2D eigenvalue weighted by atomic mass is 32.1. The van der Waals surface area contributed by atoms with Gasteiger partial charge in [0, 0.05) is 17.0 Å². The minimum Gasteiger partial charge on any atom is -0.493 e. The van der Waals surface area contributed by atoms with Gasteiger partial charge in [-0.1, -0.05) is 6.07 Å². The van der Waals surface area contributed by atoms with E-state index in [0.29, 0.717) is 23.6 Å². The van der Waals surface area contributed by atoms with E-state index in [2.05, 4.69) is 10.6 Å². The second kappa shape index (κ2) is 9.94. The molecule has 8 heteroatoms. The summed E-state index contributed by atoms with van der Waals surface area (Å²) in [4.78, 5) is 27.6. The van der Waals surface area contributed by atoms with Gasteiger partial charge >= 0.3 is 0 Å². The monoisotopic (exact) mass is 391 g/mol. The summed E-state index contributed by atoms with van der Waals surface area (Å²) in [6, 6.07) is 8.97. The standard InChI is InChI=1S/C19H25N3O4S/c1-22(2)14(17-6-5-9-27-17)11-20-18(23)12-21-19(24)13-7-8-15(25-3)16(10-13)26-4/h5-10,14H,11-12H2,1-4H3,(H,20,23)(H,21,24)/t14-/m1/s1. The van der Waals surface area contributed by atoms with Crippen molar-refractivity contribution in [2.24, 2.45) is 0 Å². The Morgan fingerprint density at radius 1 is 1.11 bits per heavy atom. The van der Waals surface area contributed by atoms with Crippen molar-refractivity contribution in [2.45, 2.75) is 6.04 Å². The van der Waals surface area contributed by atoms with Crippen molar-refractivity contribution < 1.29 is 19.1 Å². The maximum absolute atomic E-state index is 12.3. The maximum Gasteiger partial charge on any atom is 0.251 e. The third-order valence-electron chi connectivity index (χ3n) is 4.04. The van der Waals surface area contributed by atoms with Gasteiger partial charge in [0.1, 0.15) is 0 Å². The molecule has 7 nitrogen and oxygen atoms in total. The lowest BCUT2D eigenvalue weighted by Gasteiger charge is -2.23. The summed E-state index contributed by atoms with van der Waals surface area (Å²) in [6.07, 6.45) is 0. The zero-order chi connectivity index (χ0) is 19.8. The fourth-order valence-electron chi connectivity index (χ4n) is 2.53. The van der Waals surface area contributed by atoms with Crippen molar-refractivity contribution in [1.82, 2.24) is 15.5 Å². The number of benzene rings is 1. The number of thiophene rings is 1. The average Bonchev–Trinajstić information content (AvgIpc) is 3.19. The number of hydrogen-bond donors (Lipinski definition) is 2. The van der Waals surface area contributed by atoms with E-state index in [1.165, 1.54) is 19.1 Å². The third-order valence-corrected chi connectivity index (χ3v) is 5.02. The normalized spacial score (nSPS) is 11.7. The van der Waals surface area contributed by atoms with Crippen LogP contribution in [-0.2, 0) is 4.79 Å². The summed E-state index contributed by atoms with van der Waals surface area (Å²) in [5, 5.41) is 7.49. The molecule has 27 heavy (non-hydrogen) atoms. The van der Waals surface area contributed by atoms with E-state index in [1.54, 1.807) is 29.5 Å². The van der Waals surface area contributed by atoms with Crippen LogP contribution in [0.5, 0.6) is 11.5 Å². The third kappa shape index (κ3) is 5.70. The number of carbonyl (C=O) groups is 2. The van der Waals surface area contributed by atoms with Crippen LogP contribution in [-0.4, -0.2) is 58.1 Å². The van der Waals surface area contributed by atoms with Gasteiger partial charge in [-0.3, -0.25) is 9.59 Å². The molecule has 146 valence electrons. The minimum absolute atomic E-state index is 0.0931. The first-order chi connectivity index (χ1) is 13.0. The van der Waals surface area contributed by atoms with Crippen LogP contribution in [0.2, 0.25) is 0 Å². The van der Waals surface area contributed by atoms with Gasteiger partial charge in [-0.2, -0.15) is 0 Å². The number of rotatable bonds is 9. The summed E-state index contributed by atoms with van der Waals surface area (Å²) in [5.74, 6) is 0.398. The van der Waals surface area contributed by atoms with Gasteiger partial charge in [0.05, 0.1) is 26.8 Å². The Balaban J connectivity index is 1.87. The Morgan fingerprint density at radius 3 is 2.44 bits per heavy atom. The second-order valence-electron chi connectivity index (χ2n) is 6.05. The second-order valence-corrected chi connectivity index (χ2v) is 7.03. The Bertz CT molecular complexity index is 762. The molecule has 0 saturated heterocycles. The van der Waals surface area contributed by atoms with Gasteiger partial charge in [-0.25, -0.2) is 0 Å². The lowest BCUT2D eigenvalue weighted by atomic mass is 10.2. The summed E-state index contributed by atoms with van der Waals surface area (Å²) in [7, 11) is 6.96. The lowest BCUT2D eigenvalue weighted by molar-refractivity contribution is -0.120. The smallest absolute Gasteiger partial charge is 0.251 e. The van der Waals surface area contributed by atoms with Crippen LogP contribution >= 0.6 is 11.3 Å². The molecule has 0 aliphatic rings. The van der Waals surface area contributed by atoms with E-state index in [9.17, 15) is 9.59 Å². The van der Waals surface area contributed by atoms with Crippen LogP contribution in [0.4, 0.5) is 0 Å².